The molecular formula is C17H26N3O4PS. The summed E-state index contributed by atoms with van der Waals surface area (Å²) in [6.45, 7) is 5.90. The fourth-order valence-electron chi connectivity index (χ4n) is 2.82. The third kappa shape index (κ3) is 4.43. The van der Waals surface area contributed by atoms with Crippen molar-refractivity contribution < 1.29 is 18.8 Å². The zero-order chi connectivity index (χ0) is 19.2. The van der Waals surface area contributed by atoms with Gasteiger partial charge in [-0.2, -0.15) is 0 Å². The van der Waals surface area contributed by atoms with Crippen LogP contribution in [0.4, 0.5) is 5.69 Å². The lowest BCUT2D eigenvalue weighted by Crippen LogP contribution is -2.33. The summed E-state index contributed by atoms with van der Waals surface area (Å²) in [6, 6.07) is 7.10. The van der Waals surface area contributed by atoms with E-state index in [-0.39, 0.29) is 18.4 Å². The summed E-state index contributed by atoms with van der Waals surface area (Å²) in [5, 5.41) is 2.99. The second kappa shape index (κ2) is 9.46. The number of carbonyl (C=O) groups excluding carboxylic acids is 2. The molecule has 1 fully saturated rings. The monoisotopic (exact) mass is 399 g/mol. The summed E-state index contributed by atoms with van der Waals surface area (Å²) < 4.78 is 14.5. The molecule has 1 saturated heterocycles. The van der Waals surface area contributed by atoms with E-state index in [4.69, 9.17) is 21.1 Å². The molecule has 0 bridgehead atoms. The van der Waals surface area contributed by atoms with Crippen molar-refractivity contribution in [3.63, 3.8) is 0 Å². The lowest BCUT2D eigenvalue weighted by Gasteiger charge is -2.35. The van der Waals surface area contributed by atoms with Gasteiger partial charge in [0, 0.05) is 18.8 Å². The van der Waals surface area contributed by atoms with E-state index < -0.39 is 6.57 Å². The van der Waals surface area contributed by atoms with Gasteiger partial charge < -0.3 is 14.6 Å². The second-order valence-corrected chi connectivity index (χ2v) is 9.31. The molecule has 0 aromatic heterocycles. The van der Waals surface area contributed by atoms with Crippen LogP contribution in [0.25, 0.3) is 0 Å². The highest BCUT2D eigenvalue weighted by molar-refractivity contribution is 8.10. The molecule has 1 N–H and O–H groups in total. The molecule has 144 valence electrons. The third-order valence-corrected chi connectivity index (χ3v) is 8.47. The topological polar surface area (TPSA) is 71.1 Å². The Morgan fingerprint density at radius 3 is 2.65 bits per heavy atom. The van der Waals surface area contributed by atoms with Crippen molar-refractivity contribution in [2.75, 3.05) is 44.7 Å². The van der Waals surface area contributed by atoms with Crippen molar-refractivity contribution in [1.82, 2.24) is 9.34 Å². The van der Waals surface area contributed by atoms with Crippen molar-refractivity contribution in [3.8, 4) is 0 Å². The van der Waals surface area contributed by atoms with Gasteiger partial charge >= 0.3 is 5.97 Å². The standard InChI is InChI=1S/C17H26N3O4PS/c1-4-19(5-2)25(26)20(11-12-24-25)17(22)14-9-7-8-10-15(14)18-13-16(21)23-6-3/h7-10,18H,4-6,11-13H2,1-3H3. The molecule has 1 amide bonds. The summed E-state index contributed by atoms with van der Waals surface area (Å²) in [5.74, 6) is -0.544. The number of nitrogens with one attached hydrogen (secondary N) is 1. The highest BCUT2D eigenvalue weighted by Crippen LogP contribution is 2.58. The summed E-state index contributed by atoms with van der Waals surface area (Å²) >= 11 is 5.79. The first kappa shape index (κ1) is 20.8. The Balaban J connectivity index is 2.24. The molecule has 1 unspecified atom stereocenters. The molecule has 0 saturated carbocycles. The molecular weight excluding hydrogens is 373 g/mol. The molecule has 2 rings (SSSR count). The number of rotatable bonds is 8. The van der Waals surface area contributed by atoms with Crippen LogP contribution in [0.2, 0.25) is 0 Å². The zero-order valence-electron chi connectivity index (χ0n) is 15.4. The lowest BCUT2D eigenvalue weighted by molar-refractivity contribution is -0.140. The van der Waals surface area contributed by atoms with Crippen LogP contribution >= 0.6 is 6.57 Å². The number of nitrogens with zero attached hydrogens (tertiary/aromatic N) is 2. The molecule has 26 heavy (non-hydrogen) atoms. The third-order valence-electron chi connectivity index (χ3n) is 4.08. The van der Waals surface area contributed by atoms with E-state index >= 15 is 0 Å². The van der Waals surface area contributed by atoms with Crippen molar-refractivity contribution >= 4 is 35.9 Å². The number of para-hydroxylation sites is 1. The van der Waals surface area contributed by atoms with E-state index in [1.165, 1.54) is 0 Å². The zero-order valence-corrected chi connectivity index (χ0v) is 17.1. The lowest BCUT2D eigenvalue weighted by atomic mass is 10.1. The molecule has 0 spiro atoms. The van der Waals surface area contributed by atoms with Gasteiger partial charge in [-0.3, -0.25) is 14.3 Å². The highest BCUT2D eigenvalue weighted by atomic mass is 32.5. The Morgan fingerprint density at radius 2 is 2.00 bits per heavy atom. The number of esters is 1. The van der Waals surface area contributed by atoms with E-state index in [0.717, 1.165) is 13.1 Å². The van der Waals surface area contributed by atoms with Gasteiger partial charge in [-0.05, 0) is 30.9 Å². The Hall–Kier alpha value is -1.47. The van der Waals surface area contributed by atoms with E-state index in [0.29, 0.717) is 31.0 Å². The van der Waals surface area contributed by atoms with Crippen LogP contribution < -0.4 is 5.32 Å². The predicted octanol–water partition coefficient (Wildman–Crippen LogP) is 2.70. The van der Waals surface area contributed by atoms with Gasteiger partial charge in [0.25, 0.3) is 5.91 Å². The van der Waals surface area contributed by atoms with Gasteiger partial charge in [0.2, 0.25) is 6.57 Å². The van der Waals surface area contributed by atoms with Crippen LogP contribution in [-0.2, 0) is 25.9 Å². The molecule has 9 heteroatoms. The number of anilines is 1. The van der Waals surface area contributed by atoms with Gasteiger partial charge in [-0.15, -0.1) is 0 Å². The maximum atomic E-state index is 13.2. The predicted molar refractivity (Wildman–Crippen MR) is 106 cm³/mol. The van der Waals surface area contributed by atoms with Crippen LogP contribution in [0.5, 0.6) is 0 Å². The Morgan fingerprint density at radius 1 is 1.31 bits per heavy atom. The van der Waals surface area contributed by atoms with Crippen LogP contribution in [0, 0.1) is 0 Å². The number of benzene rings is 1. The normalized spacial score (nSPS) is 19.6. The van der Waals surface area contributed by atoms with E-state index in [9.17, 15) is 9.59 Å². The van der Waals surface area contributed by atoms with Gasteiger partial charge in [0.05, 0.1) is 25.3 Å². The quantitative estimate of drug-likeness (QED) is 0.532. The summed E-state index contributed by atoms with van der Waals surface area (Å²) in [4.78, 5) is 24.8. The first-order chi connectivity index (χ1) is 12.5. The van der Waals surface area contributed by atoms with E-state index in [2.05, 4.69) is 5.32 Å². The van der Waals surface area contributed by atoms with Crippen LogP contribution in [0.15, 0.2) is 24.3 Å². The SMILES string of the molecule is CCOC(=O)CNc1ccccc1C(=O)N1CCOP1(=S)N(CC)CC. The Kier molecular flexibility index (Phi) is 7.58. The van der Waals surface area contributed by atoms with E-state index in [1.807, 2.05) is 24.6 Å². The fourth-order valence-corrected chi connectivity index (χ4v) is 6.51. The molecule has 1 atom stereocenters. The summed E-state index contributed by atoms with van der Waals surface area (Å²) in [6.07, 6.45) is 0. The number of ether oxygens (including phenoxy) is 1. The maximum absolute atomic E-state index is 13.2. The molecule has 0 radical (unpaired) electrons. The molecule has 7 nitrogen and oxygen atoms in total. The number of amides is 1. The van der Waals surface area contributed by atoms with Gasteiger partial charge in [0.1, 0.15) is 6.54 Å². The Labute approximate surface area is 159 Å². The fraction of sp³-hybridized carbons (Fsp3) is 0.529. The Bertz CT molecular complexity index is 696. The maximum Gasteiger partial charge on any atom is 0.325 e. The van der Waals surface area contributed by atoms with Gasteiger partial charge in [-0.1, -0.05) is 26.0 Å². The summed E-state index contributed by atoms with van der Waals surface area (Å²) in [7, 11) is 0. The minimum Gasteiger partial charge on any atom is -0.465 e. The van der Waals surface area contributed by atoms with E-state index in [1.54, 1.807) is 29.8 Å². The number of hydrogen-bond acceptors (Lipinski definition) is 6. The largest absolute Gasteiger partial charge is 0.465 e. The smallest absolute Gasteiger partial charge is 0.325 e. The number of hydrogen-bond donors (Lipinski definition) is 1. The van der Waals surface area contributed by atoms with Crippen molar-refractivity contribution in [2.24, 2.45) is 0 Å². The molecule has 1 aromatic rings. The minimum atomic E-state index is -2.55. The first-order valence-corrected chi connectivity index (χ1v) is 11.4. The minimum absolute atomic E-state index is 0.00115. The second-order valence-electron chi connectivity index (χ2n) is 5.60. The van der Waals surface area contributed by atoms with Crippen molar-refractivity contribution in [2.45, 2.75) is 20.8 Å². The van der Waals surface area contributed by atoms with Crippen LogP contribution in [0.3, 0.4) is 0 Å². The first-order valence-electron chi connectivity index (χ1n) is 8.78. The molecule has 1 aliphatic rings. The van der Waals surface area contributed by atoms with Crippen molar-refractivity contribution in [3.05, 3.63) is 29.8 Å². The van der Waals surface area contributed by atoms with Gasteiger partial charge in [0.15, 0.2) is 0 Å². The molecule has 1 aliphatic heterocycles. The molecule has 1 heterocycles. The van der Waals surface area contributed by atoms with Gasteiger partial charge in [-0.25, -0.2) is 4.67 Å². The highest BCUT2D eigenvalue weighted by Gasteiger charge is 2.41. The molecule has 0 aliphatic carbocycles. The van der Waals surface area contributed by atoms with Crippen LogP contribution in [-0.4, -0.2) is 60.6 Å². The number of carbonyl (C=O) groups is 2. The van der Waals surface area contributed by atoms with Crippen molar-refractivity contribution in [1.29, 1.82) is 0 Å². The average Bonchev–Trinajstić information content (AvgIpc) is 3.03. The summed E-state index contributed by atoms with van der Waals surface area (Å²) in [5.41, 5.74) is 1.06. The molecule has 1 aromatic carbocycles. The van der Waals surface area contributed by atoms with Crippen LogP contribution in [0.1, 0.15) is 31.1 Å². The average molecular weight is 399 g/mol.